The molecular weight excluding hydrogens is 477 g/mol. The molecule has 0 aliphatic heterocycles. The number of fused-ring (bicyclic) bond motifs is 1. The lowest BCUT2D eigenvalue weighted by Gasteiger charge is -2.02. The average Bonchev–Trinajstić information content (AvgIpc) is 3.47. The molecule has 34 heavy (non-hydrogen) atoms. The zero-order valence-corrected chi connectivity index (χ0v) is 21.9. The molecule has 6 heteroatoms. The second-order valence-electron chi connectivity index (χ2n) is 6.42. The van der Waals surface area contributed by atoms with Crippen molar-refractivity contribution in [3.63, 3.8) is 0 Å². The molecule has 0 aliphatic carbocycles. The van der Waals surface area contributed by atoms with E-state index < -0.39 is 10.8 Å². The van der Waals surface area contributed by atoms with Gasteiger partial charge < -0.3 is 5.73 Å². The summed E-state index contributed by atoms with van der Waals surface area (Å²) >= 11 is 3.15. The second-order valence-corrected chi connectivity index (χ2v) is 10.1. The first-order valence-corrected chi connectivity index (χ1v) is 13.2. The van der Waals surface area contributed by atoms with E-state index in [9.17, 15) is 4.21 Å². The quantitative estimate of drug-likeness (QED) is 0.364. The number of rotatable bonds is 5. The maximum absolute atomic E-state index is 12.4. The molecule has 0 aliphatic rings. The third-order valence-corrected chi connectivity index (χ3v) is 7.84. The number of hydrogen-bond donors (Lipinski definition) is 1. The number of nitrogen functional groups attached to an aromatic ring is 1. The lowest BCUT2D eigenvalue weighted by molar-refractivity contribution is 0.681. The Morgan fingerprint density at radius 1 is 1.09 bits per heavy atom. The number of thiophene rings is 2. The summed E-state index contributed by atoms with van der Waals surface area (Å²) in [6, 6.07) is 6.15. The van der Waals surface area contributed by atoms with Crippen LogP contribution in [0.25, 0.3) is 20.8 Å². The predicted octanol–water partition coefficient (Wildman–Crippen LogP) is 7.67. The summed E-state index contributed by atoms with van der Waals surface area (Å²) in [4.78, 5) is 6.77. The largest absolute Gasteiger partial charge is 0.396 e. The van der Waals surface area contributed by atoms with Gasteiger partial charge in [0.1, 0.15) is 9.04 Å². The lowest BCUT2D eigenvalue weighted by Crippen LogP contribution is -1.98. The zero-order valence-electron chi connectivity index (χ0n) is 19.4. The molecule has 2 N–H and O–H groups in total. The van der Waals surface area contributed by atoms with Crippen molar-refractivity contribution >= 4 is 49.4 Å². The van der Waals surface area contributed by atoms with E-state index in [-0.39, 0.29) is 0 Å². The Bertz CT molecular complexity index is 1390. The summed E-state index contributed by atoms with van der Waals surface area (Å²) in [5.74, 6) is 0.671. The number of pyridine rings is 1. The maximum atomic E-state index is 12.4. The predicted molar refractivity (Wildman–Crippen MR) is 149 cm³/mol. The Balaban J connectivity index is 0.000000405. The number of nitrogens with two attached hydrogens (primary N) is 1. The van der Waals surface area contributed by atoms with Crippen molar-refractivity contribution in [3.05, 3.63) is 101 Å². The van der Waals surface area contributed by atoms with Gasteiger partial charge in [-0.05, 0) is 78.2 Å². The zero-order chi connectivity index (χ0) is 25.3. The van der Waals surface area contributed by atoms with Gasteiger partial charge in [-0.3, -0.25) is 4.21 Å². The van der Waals surface area contributed by atoms with Gasteiger partial charge in [-0.1, -0.05) is 44.0 Å². The van der Waals surface area contributed by atoms with E-state index in [0.717, 1.165) is 43.4 Å². The first kappa shape index (κ1) is 28.5. The van der Waals surface area contributed by atoms with Crippen molar-refractivity contribution < 1.29 is 4.21 Å². The van der Waals surface area contributed by atoms with Crippen LogP contribution >= 0.6 is 22.7 Å². The molecule has 0 amide bonds. The summed E-state index contributed by atoms with van der Waals surface area (Å²) in [5, 5.41) is 3.01. The molecule has 3 heterocycles. The van der Waals surface area contributed by atoms with Gasteiger partial charge in [-0.2, -0.15) is 0 Å². The highest BCUT2D eigenvalue weighted by Gasteiger charge is 2.18. The summed E-state index contributed by atoms with van der Waals surface area (Å²) in [7, 11) is -1.02. The molecule has 0 radical (unpaired) electrons. The molecule has 3 aromatic rings. The standard InChI is InChI=1S/C16H18N2OS3.C9H4.C3H4/c1-3-4-8-22(19)16-14(17)13-10(2)9-11(18-15(13)21-16)12-6-5-7-20-12;1-3-5-7-9-8-6-4-2;1-3-2/h5-7,9H,3-4,8,17H2,1-2H3;1-2H2;1-2H2. The minimum absolute atomic E-state index is 0.650. The van der Waals surface area contributed by atoms with Gasteiger partial charge in [0, 0.05) is 11.1 Å². The summed E-state index contributed by atoms with van der Waals surface area (Å²) in [6.45, 7) is 16.9. The minimum Gasteiger partial charge on any atom is -0.396 e. The third kappa shape index (κ3) is 8.78. The van der Waals surface area contributed by atoms with Crippen LogP contribution in [0.3, 0.4) is 0 Å². The number of nitrogens with zero attached hydrogens (tertiary/aromatic N) is 1. The minimum atomic E-state index is -1.02. The van der Waals surface area contributed by atoms with Crippen molar-refractivity contribution in [2.75, 3.05) is 11.5 Å². The monoisotopic (exact) mass is 502 g/mol. The molecule has 3 rings (SSSR count). The maximum Gasteiger partial charge on any atom is 0.127 e. The first-order chi connectivity index (χ1) is 16.4. The van der Waals surface area contributed by atoms with Crippen LogP contribution in [0.1, 0.15) is 25.3 Å². The molecular formula is C28H26N2OS3. The van der Waals surface area contributed by atoms with Crippen LogP contribution in [0.15, 0.2) is 100.0 Å². The number of aromatic nitrogens is 1. The first-order valence-electron chi connectivity index (χ1n) is 10.1. The summed E-state index contributed by atoms with van der Waals surface area (Å²) in [6.07, 6.45) is 1.99. The average molecular weight is 503 g/mol. The number of aryl methyl sites for hydroxylation is 1. The van der Waals surface area contributed by atoms with E-state index in [4.69, 9.17) is 10.7 Å². The molecule has 0 spiro atoms. The molecule has 3 aromatic heterocycles. The summed E-state index contributed by atoms with van der Waals surface area (Å²) < 4.78 is 13.2. The number of anilines is 1. The Labute approximate surface area is 212 Å². The normalized spacial score (nSPS) is 9.47. The Morgan fingerprint density at radius 3 is 2.24 bits per heavy atom. The van der Waals surface area contributed by atoms with Crippen LogP contribution < -0.4 is 5.73 Å². The number of unbranched alkanes of at least 4 members (excludes halogenated alkanes) is 1. The highest BCUT2D eigenvalue weighted by Crippen LogP contribution is 2.39. The number of hydrogen-bond acceptors (Lipinski definition) is 5. The molecule has 3 nitrogen and oxygen atoms in total. The molecule has 0 bridgehead atoms. The van der Waals surface area contributed by atoms with Crippen molar-refractivity contribution in [3.8, 4) is 10.6 Å². The van der Waals surface area contributed by atoms with Crippen molar-refractivity contribution in [2.45, 2.75) is 30.9 Å². The summed E-state index contributed by atoms with van der Waals surface area (Å²) in [5.41, 5.74) is 28.2. The van der Waals surface area contributed by atoms with E-state index in [1.807, 2.05) is 18.4 Å². The van der Waals surface area contributed by atoms with Gasteiger partial charge in [0.25, 0.3) is 0 Å². The lowest BCUT2D eigenvalue weighted by atomic mass is 10.1. The van der Waals surface area contributed by atoms with E-state index in [0.29, 0.717) is 11.4 Å². The topological polar surface area (TPSA) is 56.0 Å². The Kier molecular flexibility index (Phi) is 13.5. The molecule has 1 unspecified atom stereocenters. The van der Waals surface area contributed by atoms with Crippen LogP contribution in [-0.4, -0.2) is 14.9 Å². The molecule has 0 saturated carbocycles. The van der Waals surface area contributed by atoms with Crippen molar-refractivity contribution in [1.82, 2.24) is 4.98 Å². The molecule has 0 saturated heterocycles. The van der Waals surface area contributed by atoms with Gasteiger partial charge in [0.2, 0.25) is 0 Å². The van der Waals surface area contributed by atoms with Crippen LogP contribution in [0.2, 0.25) is 0 Å². The van der Waals surface area contributed by atoms with Gasteiger partial charge in [-0.25, -0.2) is 4.98 Å². The van der Waals surface area contributed by atoms with Gasteiger partial charge >= 0.3 is 0 Å². The second kappa shape index (κ2) is 16.1. The molecule has 172 valence electrons. The SMILES string of the molecule is C=C=C.C=C=C=C=C=C=C=C=C.CCCCS(=O)c1sc2nc(-c3cccs3)cc(C)c2c1N. The van der Waals surface area contributed by atoms with Gasteiger partial charge in [0.05, 0.1) is 27.1 Å². The highest BCUT2D eigenvalue weighted by atomic mass is 32.2. The smallest absolute Gasteiger partial charge is 0.127 e. The van der Waals surface area contributed by atoms with E-state index in [1.54, 1.807) is 11.3 Å². The molecule has 0 fully saturated rings. The van der Waals surface area contributed by atoms with Gasteiger partial charge in [-0.15, -0.1) is 28.4 Å². The Morgan fingerprint density at radius 2 is 1.71 bits per heavy atom. The molecule has 1 atom stereocenters. The fourth-order valence-electron chi connectivity index (χ4n) is 2.56. The van der Waals surface area contributed by atoms with Crippen LogP contribution in [-0.2, 0) is 10.8 Å². The van der Waals surface area contributed by atoms with Crippen molar-refractivity contribution in [1.29, 1.82) is 0 Å². The highest BCUT2D eigenvalue weighted by molar-refractivity contribution is 7.87. The van der Waals surface area contributed by atoms with Crippen LogP contribution in [0.4, 0.5) is 5.69 Å². The van der Waals surface area contributed by atoms with Gasteiger partial charge in [0.15, 0.2) is 0 Å². The molecule has 0 aromatic carbocycles. The van der Waals surface area contributed by atoms with Crippen LogP contribution in [0, 0.1) is 6.92 Å². The third-order valence-electron chi connectivity index (χ3n) is 3.95. The Hall–Kier alpha value is -3.52. The van der Waals surface area contributed by atoms with Crippen LogP contribution in [0.5, 0.6) is 0 Å². The van der Waals surface area contributed by atoms with E-state index in [1.165, 1.54) is 11.3 Å². The fraction of sp³-hybridized carbons (Fsp3) is 0.179. The van der Waals surface area contributed by atoms with Crippen molar-refractivity contribution in [2.24, 2.45) is 0 Å². The van der Waals surface area contributed by atoms with E-state index in [2.05, 4.69) is 91.2 Å². The van der Waals surface area contributed by atoms with E-state index >= 15 is 0 Å². The fourth-order valence-corrected chi connectivity index (χ4v) is 6.09.